The summed E-state index contributed by atoms with van der Waals surface area (Å²) >= 11 is 0. The summed E-state index contributed by atoms with van der Waals surface area (Å²) in [5, 5.41) is 7.70. The number of amides is 3. The van der Waals surface area contributed by atoms with Gasteiger partial charge in [-0.05, 0) is 24.7 Å². The molecule has 0 aromatic heterocycles. The molecule has 1 fully saturated rings. The molecule has 0 aromatic rings. The Hall–Kier alpha value is -1.59. The van der Waals surface area contributed by atoms with E-state index in [0.29, 0.717) is 12.5 Å². The zero-order valence-electron chi connectivity index (χ0n) is 12.3. The zero-order valence-corrected chi connectivity index (χ0v) is 12.3. The van der Waals surface area contributed by atoms with Crippen LogP contribution in [-0.4, -0.2) is 37.4 Å². The first-order valence-corrected chi connectivity index (χ1v) is 7.25. The van der Waals surface area contributed by atoms with E-state index in [1.807, 2.05) is 0 Å². The Morgan fingerprint density at radius 2 is 1.65 bits per heavy atom. The molecule has 0 spiro atoms. The zero-order chi connectivity index (χ0) is 15.0. The molecule has 0 bridgehead atoms. The lowest BCUT2D eigenvalue weighted by molar-refractivity contribution is -0.127. The number of carbonyl (C=O) groups excluding carboxylic acids is 3. The van der Waals surface area contributed by atoms with Gasteiger partial charge in [-0.1, -0.05) is 19.8 Å². The largest absolute Gasteiger partial charge is 0.354 e. The van der Waals surface area contributed by atoms with Crippen LogP contribution in [0.5, 0.6) is 0 Å². The van der Waals surface area contributed by atoms with Crippen LogP contribution in [0, 0.1) is 11.8 Å². The van der Waals surface area contributed by atoms with Crippen LogP contribution in [-0.2, 0) is 14.4 Å². The smallest absolute Gasteiger partial charge is 0.239 e. The number of hydrogen-bond donors (Lipinski definition) is 3. The van der Waals surface area contributed by atoms with Crippen LogP contribution in [0.3, 0.4) is 0 Å². The van der Waals surface area contributed by atoms with E-state index in [1.165, 1.54) is 26.2 Å². The fourth-order valence-electron chi connectivity index (χ4n) is 2.51. The Labute approximate surface area is 120 Å². The van der Waals surface area contributed by atoms with Crippen molar-refractivity contribution in [1.29, 1.82) is 0 Å². The predicted octanol–water partition coefficient (Wildman–Crippen LogP) is 0.181. The van der Waals surface area contributed by atoms with Crippen molar-refractivity contribution in [1.82, 2.24) is 16.0 Å². The first kappa shape index (κ1) is 16.5. The molecule has 1 aliphatic rings. The summed E-state index contributed by atoms with van der Waals surface area (Å²) in [7, 11) is 0. The Kier molecular flexibility index (Phi) is 7.04. The van der Waals surface area contributed by atoms with Crippen molar-refractivity contribution in [2.75, 3.05) is 19.6 Å². The third kappa shape index (κ3) is 7.11. The maximum absolute atomic E-state index is 11.6. The molecule has 20 heavy (non-hydrogen) atoms. The van der Waals surface area contributed by atoms with Gasteiger partial charge in [-0.25, -0.2) is 0 Å². The maximum atomic E-state index is 11.6. The van der Waals surface area contributed by atoms with Crippen molar-refractivity contribution < 1.29 is 14.4 Å². The average molecular weight is 283 g/mol. The molecule has 0 unspecified atom stereocenters. The Balaban J connectivity index is 2.10. The molecule has 2 atom stereocenters. The van der Waals surface area contributed by atoms with Crippen LogP contribution in [0.1, 0.15) is 39.5 Å². The third-order valence-corrected chi connectivity index (χ3v) is 3.58. The lowest BCUT2D eigenvalue weighted by atomic mass is 9.82. The second-order valence-electron chi connectivity index (χ2n) is 5.63. The van der Waals surface area contributed by atoms with E-state index in [0.717, 1.165) is 12.3 Å². The molecule has 0 heterocycles. The Morgan fingerprint density at radius 3 is 2.30 bits per heavy atom. The highest BCUT2D eigenvalue weighted by atomic mass is 16.2. The van der Waals surface area contributed by atoms with Gasteiger partial charge in [-0.2, -0.15) is 0 Å². The first-order valence-electron chi connectivity index (χ1n) is 7.25. The fourth-order valence-corrected chi connectivity index (χ4v) is 2.51. The van der Waals surface area contributed by atoms with Gasteiger partial charge in [0.1, 0.15) is 0 Å². The number of carbonyl (C=O) groups is 3. The van der Waals surface area contributed by atoms with E-state index in [9.17, 15) is 14.4 Å². The van der Waals surface area contributed by atoms with E-state index >= 15 is 0 Å². The molecule has 3 N–H and O–H groups in total. The molecule has 0 aromatic carbocycles. The normalized spacial score (nSPS) is 21.9. The van der Waals surface area contributed by atoms with E-state index in [2.05, 4.69) is 22.9 Å². The molecule has 0 saturated heterocycles. The van der Waals surface area contributed by atoms with Crippen LogP contribution >= 0.6 is 0 Å². The summed E-state index contributed by atoms with van der Waals surface area (Å²) in [6.45, 7) is 4.13. The lowest BCUT2D eigenvalue weighted by Gasteiger charge is -2.26. The molecule has 1 aliphatic carbocycles. The van der Waals surface area contributed by atoms with Gasteiger partial charge >= 0.3 is 0 Å². The van der Waals surface area contributed by atoms with E-state index in [1.54, 1.807) is 0 Å². The summed E-state index contributed by atoms with van der Waals surface area (Å²) in [6, 6.07) is 0. The highest BCUT2D eigenvalue weighted by Crippen LogP contribution is 2.27. The van der Waals surface area contributed by atoms with Crippen LogP contribution in [0.4, 0.5) is 0 Å². The van der Waals surface area contributed by atoms with Gasteiger partial charge in [0, 0.05) is 13.5 Å². The molecule has 114 valence electrons. The summed E-state index contributed by atoms with van der Waals surface area (Å²) in [4.78, 5) is 33.5. The van der Waals surface area contributed by atoms with Gasteiger partial charge in [0.15, 0.2) is 0 Å². The third-order valence-electron chi connectivity index (χ3n) is 3.58. The molecule has 1 rings (SSSR count). The number of nitrogens with one attached hydrogen (secondary N) is 3. The molecular weight excluding hydrogens is 258 g/mol. The molecular formula is C14H25N3O3. The molecule has 1 saturated carbocycles. The van der Waals surface area contributed by atoms with Crippen molar-refractivity contribution in [3.63, 3.8) is 0 Å². The van der Waals surface area contributed by atoms with Gasteiger partial charge in [-0.3, -0.25) is 14.4 Å². The maximum Gasteiger partial charge on any atom is 0.239 e. The first-order chi connectivity index (χ1) is 9.47. The highest BCUT2D eigenvalue weighted by Gasteiger charge is 2.19. The minimum Gasteiger partial charge on any atom is -0.354 e. The number of hydrogen-bond acceptors (Lipinski definition) is 3. The highest BCUT2D eigenvalue weighted by molar-refractivity contribution is 5.87. The van der Waals surface area contributed by atoms with Gasteiger partial charge in [0.25, 0.3) is 0 Å². The second kappa shape index (κ2) is 8.55. The summed E-state index contributed by atoms with van der Waals surface area (Å²) < 4.78 is 0. The van der Waals surface area contributed by atoms with E-state index in [-0.39, 0.29) is 30.8 Å². The van der Waals surface area contributed by atoms with Crippen molar-refractivity contribution >= 4 is 17.7 Å². The van der Waals surface area contributed by atoms with E-state index < -0.39 is 0 Å². The second-order valence-corrected chi connectivity index (χ2v) is 5.63. The fraction of sp³-hybridized carbons (Fsp3) is 0.786. The minimum atomic E-state index is -0.360. The Bertz CT molecular complexity index is 358. The van der Waals surface area contributed by atoms with Gasteiger partial charge < -0.3 is 16.0 Å². The molecule has 6 heteroatoms. The van der Waals surface area contributed by atoms with Crippen molar-refractivity contribution in [2.24, 2.45) is 11.8 Å². The van der Waals surface area contributed by atoms with Gasteiger partial charge in [0.05, 0.1) is 13.1 Å². The summed E-state index contributed by atoms with van der Waals surface area (Å²) in [5.74, 6) is 0.484. The predicted molar refractivity (Wildman–Crippen MR) is 75.8 cm³/mol. The SMILES string of the molecule is CC(=O)NCC(=O)NCC(=O)NC[C@@H]1CCC[C@@H](C)C1. The molecule has 3 amide bonds. The van der Waals surface area contributed by atoms with Crippen LogP contribution in [0.15, 0.2) is 0 Å². The quantitative estimate of drug-likeness (QED) is 0.650. The molecule has 0 radical (unpaired) electrons. The van der Waals surface area contributed by atoms with Gasteiger partial charge in [0.2, 0.25) is 17.7 Å². The van der Waals surface area contributed by atoms with E-state index in [4.69, 9.17) is 0 Å². The molecule has 6 nitrogen and oxygen atoms in total. The van der Waals surface area contributed by atoms with Crippen LogP contribution < -0.4 is 16.0 Å². The van der Waals surface area contributed by atoms with Crippen LogP contribution in [0.2, 0.25) is 0 Å². The Morgan fingerprint density at radius 1 is 1.00 bits per heavy atom. The molecule has 0 aliphatic heterocycles. The van der Waals surface area contributed by atoms with Gasteiger partial charge in [-0.15, -0.1) is 0 Å². The van der Waals surface area contributed by atoms with Crippen molar-refractivity contribution in [2.45, 2.75) is 39.5 Å². The topological polar surface area (TPSA) is 87.3 Å². The standard InChI is InChI=1S/C14H25N3O3/c1-10-4-3-5-12(6-10)7-16-14(20)9-17-13(19)8-15-11(2)18/h10,12H,3-9H2,1-2H3,(H,15,18)(H,16,20)(H,17,19)/t10-,12-/m1/s1. The summed E-state index contributed by atoms with van der Waals surface area (Å²) in [5.41, 5.74) is 0. The monoisotopic (exact) mass is 283 g/mol. The number of rotatable bonds is 6. The van der Waals surface area contributed by atoms with Crippen molar-refractivity contribution in [3.8, 4) is 0 Å². The van der Waals surface area contributed by atoms with Crippen molar-refractivity contribution in [3.05, 3.63) is 0 Å². The minimum absolute atomic E-state index is 0.0410. The summed E-state index contributed by atoms with van der Waals surface area (Å²) in [6.07, 6.45) is 4.84. The lowest BCUT2D eigenvalue weighted by Crippen LogP contribution is -2.42. The van der Waals surface area contributed by atoms with Crippen LogP contribution in [0.25, 0.3) is 0 Å². The average Bonchev–Trinajstić information content (AvgIpc) is 2.40.